The summed E-state index contributed by atoms with van der Waals surface area (Å²) in [5.74, 6) is -0.0727. The first-order chi connectivity index (χ1) is 10.1. The van der Waals surface area contributed by atoms with Gasteiger partial charge in [0, 0.05) is 10.4 Å². The predicted octanol–water partition coefficient (Wildman–Crippen LogP) is 4.01. The van der Waals surface area contributed by atoms with Crippen LogP contribution >= 0.6 is 11.3 Å². The third-order valence-corrected chi connectivity index (χ3v) is 4.23. The number of hydrogen-bond acceptors (Lipinski definition) is 4. The van der Waals surface area contributed by atoms with Gasteiger partial charge in [0.25, 0.3) is 0 Å². The van der Waals surface area contributed by atoms with Crippen LogP contribution in [-0.4, -0.2) is 16.1 Å². The molecule has 0 saturated carbocycles. The zero-order chi connectivity index (χ0) is 14.8. The molecule has 0 aliphatic rings. The molecular weight excluding hydrogens is 286 g/mol. The lowest BCUT2D eigenvalue weighted by Crippen LogP contribution is -1.99. The van der Waals surface area contributed by atoms with E-state index in [4.69, 9.17) is 9.52 Å². The topological polar surface area (TPSA) is 63.3 Å². The lowest BCUT2D eigenvalue weighted by molar-refractivity contribution is -0.136. The van der Waals surface area contributed by atoms with E-state index in [2.05, 4.69) is 4.98 Å². The fraction of sp³-hybridized carbons (Fsp3) is 0.125. The fourth-order valence-electron chi connectivity index (χ4n) is 2.15. The third kappa shape index (κ3) is 2.73. The average Bonchev–Trinajstić information content (AvgIpc) is 3.05. The molecule has 0 atom stereocenters. The minimum atomic E-state index is -0.855. The molecule has 4 nitrogen and oxygen atoms in total. The van der Waals surface area contributed by atoms with Crippen LogP contribution in [0.3, 0.4) is 0 Å². The summed E-state index contributed by atoms with van der Waals surface area (Å²) in [7, 11) is 0. The van der Waals surface area contributed by atoms with E-state index < -0.39 is 5.97 Å². The number of aryl methyl sites for hydroxylation is 1. The average molecular weight is 299 g/mol. The van der Waals surface area contributed by atoms with Crippen molar-refractivity contribution in [2.24, 2.45) is 0 Å². The highest BCUT2D eigenvalue weighted by molar-refractivity contribution is 7.15. The Labute approximate surface area is 125 Å². The number of hydrogen-bond donors (Lipinski definition) is 1. The number of carboxylic acids is 1. The summed E-state index contributed by atoms with van der Waals surface area (Å²) in [5, 5.41) is 9.88. The molecule has 2 aromatic heterocycles. The van der Waals surface area contributed by atoms with E-state index in [0.29, 0.717) is 0 Å². The number of rotatable bonds is 4. The molecule has 0 radical (unpaired) electrons. The Morgan fingerprint density at radius 2 is 2.05 bits per heavy atom. The van der Waals surface area contributed by atoms with Crippen molar-refractivity contribution >= 4 is 17.3 Å². The normalized spacial score (nSPS) is 10.7. The summed E-state index contributed by atoms with van der Waals surface area (Å²) < 4.78 is 5.31. The molecule has 3 aromatic rings. The molecule has 3 rings (SSSR count). The van der Waals surface area contributed by atoms with Crippen molar-refractivity contribution < 1.29 is 14.3 Å². The molecule has 0 bridgehead atoms. The number of carboxylic acid groups (broad SMARTS) is 1. The van der Waals surface area contributed by atoms with Crippen LogP contribution in [-0.2, 0) is 11.2 Å². The minimum Gasteiger partial charge on any atom is -0.481 e. The van der Waals surface area contributed by atoms with Gasteiger partial charge in [-0.15, -0.1) is 11.3 Å². The van der Waals surface area contributed by atoms with Gasteiger partial charge in [-0.3, -0.25) is 4.79 Å². The molecule has 0 spiro atoms. The van der Waals surface area contributed by atoms with E-state index in [9.17, 15) is 4.79 Å². The van der Waals surface area contributed by atoms with Gasteiger partial charge in [-0.25, -0.2) is 4.98 Å². The van der Waals surface area contributed by atoms with Gasteiger partial charge in [0.1, 0.15) is 10.8 Å². The molecule has 0 fully saturated rings. The summed E-state index contributed by atoms with van der Waals surface area (Å²) >= 11 is 1.40. The van der Waals surface area contributed by atoms with Crippen LogP contribution in [0.2, 0.25) is 0 Å². The van der Waals surface area contributed by atoms with Crippen LogP contribution in [0.15, 0.2) is 47.1 Å². The summed E-state index contributed by atoms with van der Waals surface area (Å²) in [5.41, 5.74) is 2.57. The third-order valence-electron chi connectivity index (χ3n) is 3.15. The van der Waals surface area contributed by atoms with E-state index in [1.165, 1.54) is 11.3 Å². The number of benzene rings is 1. The lowest BCUT2D eigenvalue weighted by atomic mass is 10.1. The number of thiazole rings is 1. The molecule has 1 N–H and O–H groups in total. The monoisotopic (exact) mass is 299 g/mol. The Hall–Kier alpha value is -2.40. The molecular formula is C16H13NO3S. The second kappa shape index (κ2) is 5.54. The summed E-state index contributed by atoms with van der Waals surface area (Å²) in [6, 6.07) is 11.5. The highest BCUT2D eigenvalue weighted by atomic mass is 32.1. The quantitative estimate of drug-likeness (QED) is 0.790. The van der Waals surface area contributed by atoms with Crippen LogP contribution in [0.5, 0.6) is 0 Å². The van der Waals surface area contributed by atoms with Crippen molar-refractivity contribution in [2.45, 2.75) is 13.3 Å². The van der Waals surface area contributed by atoms with E-state index in [1.54, 1.807) is 6.26 Å². The minimum absolute atomic E-state index is 0.0290. The van der Waals surface area contributed by atoms with Gasteiger partial charge < -0.3 is 9.52 Å². The molecule has 106 valence electrons. The maximum absolute atomic E-state index is 11.1. The van der Waals surface area contributed by atoms with Gasteiger partial charge in [-0.1, -0.05) is 30.3 Å². The van der Waals surface area contributed by atoms with Gasteiger partial charge in [0.2, 0.25) is 0 Å². The number of carbonyl (C=O) groups is 1. The highest BCUT2D eigenvalue weighted by Gasteiger charge is 2.18. The molecule has 1 aromatic carbocycles. The maximum atomic E-state index is 11.1. The van der Waals surface area contributed by atoms with Crippen molar-refractivity contribution in [1.82, 2.24) is 4.98 Å². The van der Waals surface area contributed by atoms with Gasteiger partial charge in [0.15, 0.2) is 0 Å². The number of aliphatic carboxylic acids is 1. The van der Waals surface area contributed by atoms with Crippen molar-refractivity contribution in [2.75, 3.05) is 0 Å². The van der Waals surface area contributed by atoms with E-state index in [-0.39, 0.29) is 6.42 Å². The molecule has 0 amide bonds. The van der Waals surface area contributed by atoms with Crippen LogP contribution < -0.4 is 0 Å². The summed E-state index contributed by atoms with van der Waals surface area (Å²) in [6.07, 6.45) is 1.59. The number of furan rings is 1. The van der Waals surface area contributed by atoms with Crippen LogP contribution in [0.25, 0.3) is 21.8 Å². The van der Waals surface area contributed by atoms with Gasteiger partial charge in [-0.05, 0) is 13.0 Å². The summed E-state index contributed by atoms with van der Waals surface area (Å²) in [6.45, 7) is 1.87. The Morgan fingerprint density at radius 1 is 1.29 bits per heavy atom. The van der Waals surface area contributed by atoms with E-state index in [0.717, 1.165) is 32.5 Å². The van der Waals surface area contributed by atoms with E-state index >= 15 is 0 Å². The molecule has 2 heterocycles. The van der Waals surface area contributed by atoms with Gasteiger partial charge >= 0.3 is 5.97 Å². The van der Waals surface area contributed by atoms with Gasteiger partial charge in [-0.2, -0.15) is 0 Å². The molecule has 0 unspecified atom stereocenters. The molecule has 0 aliphatic heterocycles. The predicted molar refractivity (Wildman–Crippen MR) is 81.3 cm³/mol. The summed E-state index contributed by atoms with van der Waals surface area (Å²) in [4.78, 5) is 16.5. The van der Waals surface area contributed by atoms with Crippen molar-refractivity contribution in [3.8, 4) is 21.8 Å². The standard InChI is InChI=1S/C16H13NO3S/c1-10-12(7-8-20-10)16-17-15(11-5-3-2-4-6-11)13(21-16)9-14(18)19/h2-8H,9H2,1H3,(H,18,19). The number of aromatic nitrogens is 1. The Bertz CT molecular complexity index is 774. The molecule has 21 heavy (non-hydrogen) atoms. The van der Waals surface area contributed by atoms with Crippen molar-refractivity contribution in [3.63, 3.8) is 0 Å². The van der Waals surface area contributed by atoms with Crippen LogP contribution in [0.1, 0.15) is 10.6 Å². The fourth-order valence-corrected chi connectivity index (χ4v) is 3.30. The lowest BCUT2D eigenvalue weighted by Gasteiger charge is -1.99. The first kappa shape index (κ1) is 13.6. The molecule has 0 saturated heterocycles. The Morgan fingerprint density at radius 3 is 2.67 bits per heavy atom. The Balaban J connectivity index is 2.12. The zero-order valence-electron chi connectivity index (χ0n) is 11.4. The van der Waals surface area contributed by atoms with Crippen molar-refractivity contribution in [1.29, 1.82) is 0 Å². The van der Waals surface area contributed by atoms with E-state index in [1.807, 2.05) is 43.3 Å². The number of nitrogens with zero attached hydrogens (tertiary/aromatic N) is 1. The second-order valence-electron chi connectivity index (χ2n) is 4.62. The maximum Gasteiger partial charge on any atom is 0.308 e. The first-order valence-corrected chi connectivity index (χ1v) is 7.28. The van der Waals surface area contributed by atoms with Gasteiger partial charge in [0.05, 0.1) is 23.9 Å². The van der Waals surface area contributed by atoms with Crippen LogP contribution in [0.4, 0.5) is 0 Å². The smallest absolute Gasteiger partial charge is 0.308 e. The molecule has 5 heteroatoms. The van der Waals surface area contributed by atoms with Crippen LogP contribution in [0, 0.1) is 6.92 Å². The highest BCUT2D eigenvalue weighted by Crippen LogP contribution is 2.35. The zero-order valence-corrected chi connectivity index (χ0v) is 12.2. The largest absolute Gasteiger partial charge is 0.481 e. The second-order valence-corrected chi connectivity index (χ2v) is 5.70. The first-order valence-electron chi connectivity index (χ1n) is 6.46. The molecule has 0 aliphatic carbocycles. The Kier molecular flexibility index (Phi) is 3.58. The van der Waals surface area contributed by atoms with Crippen molar-refractivity contribution in [3.05, 3.63) is 53.3 Å². The SMILES string of the molecule is Cc1occc1-c1nc(-c2ccccc2)c(CC(=O)O)s1.